The molecule has 0 spiro atoms. The maximum absolute atomic E-state index is 5.88. The molecule has 0 atom stereocenters. The lowest BCUT2D eigenvalue weighted by Crippen LogP contribution is -2.37. The molecule has 0 saturated heterocycles. The van der Waals surface area contributed by atoms with E-state index in [1.165, 1.54) is 0 Å². The van der Waals surface area contributed by atoms with Crippen molar-refractivity contribution in [3.63, 3.8) is 0 Å². The van der Waals surface area contributed by atoms with Gasteiger partial charge in [-0.05, 0) is 18.0 Å². The summed E-state index contributed by atoms with van der Waals surface area (Å²) in [5.41, 5.74) is 1.42. The zero-order valence-corrected chi connectivity index (χ0v) is 11.3. The summed E-state index contributed by atoms with van der Waals surface area (Å²) in [4.78, 5) is 0. The molecule has 0 saturated carbocycles. The summed E-state index contributed by atoms with van der Waals surface area (Å²) in [5.74, 6) is -1.43. The summed E-state index contributed by atoms with van der Waals surface area (Å²) in [6.45, 7) is 12.0. The molecule has 0 aliphatic heterocycles. The fourth-order valence-corrected chi connectivity index (χ4v) is 4.60. The Morgan fingerprint density at radius 2 is 1.55 bits per heavy atom. The highest BCUT2D eigenvalue weighted by Crippen LogP contribution is 2.38. The van der Waals surface area contributed by atoms with Gasteiger partial charge in [0.05, 0.1) is 0 Å². The minimum absolute atomic E-state index is 0.711. The van der Waals surface area contributed by atoms with E-state index < -0.39 is 5.81 Å². The third-order valence-electron chi connectivity index (χ3n) is 1.94. The van der Waals surface area contributed by atoms with E-state index in [1.807, 2.05) is 0 Å². The van der Waals surface area contributed by atoms with Gasteiger partial charge < -0.3 is 4.43 Å². The Bertz CT molecular complexity index is 107. The zero-order chi connectivity index (χ0) is 9.07. The predicted molar refractivity (Wildman–Crippen MR) is 61.6 cm³/mol. The van der Waals surface area contributed by atoms with Crippen LogP contribution in [0.15, 0.2) is 0 Å². The number of halogens is 1. The van der Waals surface area contributed by atoms with Gasteiger partial charge in [-0.2, -0.15) is 0 Å². The van der Waals surface area contributed by atoms with Crippen LogP contribution in [0, 0.1) is 0 Å². The van der Waals surface area contributed by atoms with Gasteiger partial charge in [0, 0.05) is 6.61 Å². The Morgan fingerprint density at radius 1 is 1.18 bits per heavy atom. The molecule has 1 nitrogen and oxygen atoms in total. The normalized spacial score (nSPS) is 13.1. The molecule has 68 valence electrons. The first-order valence-electron chi connectivity index (χ1n) is 4.28. The number of rotatable bonds is 4. The summed E-state index contributed by atoms with van der Waals surface area (Å²) in [5, 5.41) is 0. The van der Waals surface area contributed by atoms with E-state index in [2.05, 4.69) is 56.4 Å². The topological polar surface area (TPSA) is 9.23 Å². The second kappa shape index (κ2) is 4.82. The van der Waals surface area contributed by atoms with Crippen LogP contribution in [0.2, 0.25) is 11.1 Å². The first kappa shape index (κ1) is 11.9. The maximum atomic E-state index is 5.88. The van der Waals surface area contributed by atoms with Gasteiger partial charge in [0.1, 0.15) is 0 Å². The van der Waals surface area contributed by atoms with Crippen LogP contribution in [0.1, 0.15) is 34.6 Å². The van der Waals surface area contributed by atoms with Crippen LogP contribution in [0.3, 0.4) is 0 Å². The Labute approximate surface area is 84.2 Å². The number of hydrogen-bond donors (Lipinski definition) is 0. The third-order valence-corrected chi connectivity index (χ3v) is 14.2. The first-order chi connectivity index (χ1) is 4.95. The van der Waals surface area contributed by atoms with Gasteiger partial charge in [-0.1, -0.05) is 49.5 Å². The van der Waals surface area contributed by atoms with Crippen molar-refractivity contribution >= 4 is 27.6 Å². The van der Waals surface area contributed by atoms with Crippen LogP contribution in [0.4, 0.5) is 0 Å². The minimum Gasteiger partial charge on any atom is -0.407 e. The molecular formula is C8H19IOSi. The summed E-state index contributed by atoms with van der Waals surface area (Å²) in [7, 11) is 0. The van der Waals surface area contributed by atoms with Crippen LogP contribution in [-0.4, -0.2) is 12.4 Å². The molecule has 0 unspecified atom stereocenters. The van der Waals surface area contributed by atoms with Crippen molar-refractivity contribution in [3.8, 4) is 0 Å². The van der Waals surface area contributed by atoms with Crippen molar-refractivity contribution in [2.45, 2.75) is 45.7 Å². The standard InChI is InChI=1S/C8H19IOSi/c1-6-10-11(9,7(2)3)8(4)5/h7-8H,6H2,1-5H3. The molecule has 0 bridgehead atoms. The molecule has 0 aliphatic carbocycles. The van der Waals surface area contributed by atoms with Crippen molar-refractivity contribution in [3.05, 3.63) is 0 Å². The fraction of sp³-hybridized carbons (Fsp3) is 1.00. The van der Waals surface area contributed by atoms with Gasteiger partial charge >= 0.3 is 0 Å². The molecule has 0 aromatic rings. The van der Waals surface area contributed by atoms with Crippen molar-refractivity contribution in [2.75, 3.05) is 6.61 Å². The second-order valence-electron chi connectivity index (χ2n) is 3.44. The van der Waals surface area contributed by atoms with Crippen LogP contribution in [-0.2, 0) is 4.43 Å². The van der Waals surface area contributed by atoms with Gasteiger partial charge in [0.25, 0.3) is 5.81 Å². The highest BCUT2D eigenvalue weighted by Gasteiger charge is 2.38. The molecule has 0 fully saturated rings. The van der Waals surface area contributed by atoms with Crippen molar-refractivity contribution < 1.29 is 4.43 Å². The maximum Gasteiger partial charge on any atom is 0.263 e. The van der Waals surface area contributed by atoms with E-state index in [9.17, 15) is 0 Å². The molecule has 0 N–H and O–H groups in total. The molecule has 0 aliphatic rings. The highest BCUT2D eigenvalue weighted by atomic mass is 127. The predicted octanol–water partition coefficient (Wildman–Crippen LogP) is 3.72. The Balaban J connectivity index is 4.26. The van der Waals surface area contributed by atoms with Gasteiger partial charge in [0.15, 0.2) is 0 Å². The summed E-state index contributed by atoms with van der Waals surface area (Å²) >= 11 is 2.57. The smallest absolute Gasteiger partial charge is 0.263 e. The minimum atomic E-state index is -1.43. The molecule has 0 aromatic heterocycles. The SMILES string of the molecule is CCO[Si](I)(C(C)C)C(C)C. The summed E-state index contributed by atoms with van der Waals surface area (Å²) < 4.78 is 5.88. The average molecular weight is 286 g/mol. The molecule has 11 heavy (non-hydrogen) atoms. The van der Waals surface area contributed by atoms with Crippen LogP contribution < -0.4 is 0 Å². The van der Waals surface area contributed by atoms with Gasteiger partial charge in [-0.15, -0.1) is 0 Å². The lowest BCUT2D eigenvalue weighted by molar-refractivity contribution is 0.326. The summed E-state index contributed by atoms with van der Waals surface area (Å²) in [6.07, 6.45) is 0. The lowest BCUT2D eigenvalue weighted by Gasteiger charge is -2.32. The number of hydrogen-bond acceptors (Lipinski definition) is 1. The van der Waals surface area contributed by atoms with Crippen molar-refractivity contribution in [1.82, 2.24) is 0 Å². The molecule has 0 rings (SSSR count). The zero-order valence-electron chi connectivity index (χ0n) is 8.15. The van der Waals surface area contributed by atoms with E-state index in [0.717, 1.165) is 6.61 Å². The first-order valence-corrected chi connectivity index (χ1v) is 9.45. The lowest BCUT2D eigenvalue weighted by atomic mass is 10.5. The van der Waals surface area contributed by atoms with E-state index in [1.54, 1.807) is 0 Å². The molecule has 0 aromatic carbocycles. The van der Waals surface area contributed by atoms with E-state index in [0.29, 0.717) is 11.1 Å². The Hall–Kier alpha value is 0.907. The second-order valence-corrected chi connectivity index (χ2v) is 12.5. The van der Waals surface area contributed by atoms with Crippen LogP contribution in [0.5, 0.6) is 0 Å². The van der Waals surface area contributed by atoms with Crippen molar-refractivity contribution in [2.24, 2.45) is 0 Å². The largest absolute Gasteiger partial charge is 0.407 e. The highest BCUT2D eigenvalue weighted by molar-refractivity contribution is 14.1. The molecule has 0 amide bonds. The van der Waals surface area contributed by atoms with Gasteiger partial charge in [-0.3, -0.25) is 0 Å². The summed E-state index contributed by atoms with van der Waals surface area (Å²) in [6, 6.07) is 0. The molecule has 0 heterocycles. The Kier molecular flexibility index (Phi) is 5.21. The third kappa shape index (κ3) is 3.03. The van der Waals surface area contributed by atoms with Crippen LogP contribution >= 0.6 is 21.8 Å². The quantitative estimate of drug-likeness (QED) is 0.435. The molecule has 3 heteroatoms. The van der Waals surface area contributed by atoms with Crippen molar-refractivity contribution in [1.29, 1.82) is 0 Å². The van der Waals surface area contributed by atoms with Crippen LogP contribution in [0.25, 0.3) is 0 Å². The van der Waals surface area contributed by atoms with Gasteiger partial charge in [0.2, 0.25) is 0 Å². The van der Waals surface area contributed by atoms with E-state index in [4.69, 9.17) is 4.43 Å². The Morgan fingerprint density at radius 3 is 1.64 bits per heavy atom. The molecule has 0 radical (unpaired) electrons. The van der Waals surface area contributed by atoms with E-state index in [-0.39, 0.29) is 0 Å². The van der Waals surface area contributed by atoms with Gasteiger partial charge in [-0.25, -0.2) is 0 Å². The monoisotopic (exact) mass is 286 g/mol. The average Bonchev–Trinajstić information content (AvgIpc) is 1.87. The van der Waals surface area contributed by atoms with E-state index >= 15 is 0 Å². The fourth-order valence-electron chi connectivity index (χ4n) is 1.22. The molecular weight excluding hydrogens is 267 g/mol.